The zero-order valence-electron chi connectivity index (χ0n) is 14.6. The number of fused-ring (bicyclic) bond motifs is 1. The molecule has 0 aliphatic carbocycles. The molecule has 0 amide bonds. The minimum absolute atomic E-state index is 0.0729. The van der Waals surface area contributed by atoms with Crippen LogP contribution in [0.15, 0.2) is 36.5 Å². The van der Waals surface area contributed by atoms with Gasteiger partial charge in [-0.1, -0.05) is 6.07 Å². The summed E-state index contributed by atoms with van der Waals surface area (Å²) >= 11 is 0. The van der Waals surface area contributed by atoms with Crippen molar-refractivity contribution in [3.63, 3.8) is 0 Å². The van der Waals surface area contributed by atoms with Crippen molar-refractivity contribution in [2.24, 2.45) is 0 Å². The Morgan fingerprint density at radius 3 is 2.88 bits per heavy atom. The molecule has 2 N–H and O–H groups in total. The van der Waals surface area contributed by atoms with Crippen LogP contribution in [0.4, 0.5) is 11.5 Å². The van der Waals surface area contributed by atoms with E-state index in [-0.39, 0.29) is 11.7 Å². The molecule has 1 unspecified atom stereocenters. The molecule has 0 saturated carbocycles. The van der Waals surface area contributed by atoms with E-state index in [0.29, 0.717) is 12.3 Å². The van der Waals surface area contributed by atoms with Gasteiger partial charge in [0.15, 0.2) is 5.82 Å². The second kappa shape index (κ2) is 6.98. The molecule has 1 aromatic heterocycles. The number of hydrogen-bond donors (Lipinski definition) is 2. The van der Waals surface area contributed by atoms with Gasteiger partial charge in [-0.25, -0.2) is 9.78 Å². The molecule has 2 aromatic rings. The Morgan fingerprint density at radius 1 is 1.40 bits per heavy atom. The monoisotopic (exact) mass is 342 g/mol. The molecule has 1 atom stereocenters. The molecule has 1 aliphatic rings. The van der Waals surface area contributed by atoms with Crippen LogP contribution in [0.3, 0.4) is 0 Å². The van der Waals surface area contributed by atoms with Crippen LogP contribution >= 0.6 is 0 Å². The average molecular weight is 342 g/mol. The maximum atomic E-state index is 11.2. The number of methoxy groups -OCH3 is 1. The van der Waals surface area contributed by atoms with Crippen LogP contribution in [0.5, 0.6) is 5.75 Å². The number of carboxylic acid groups (broad SMARTS) is 1. The summed E-state index contributed by atoms with van der Waals surface area (Å²) < 4.78 is 5.41. The lowest BCUT2D eigenvalue weighted by molar-refractivity contribution is 0.0696. The third-order valence-electron chi connectivity index (χ3n) is 4.19. The van der Waals surface area contributed by atoms with Gasteiger partial charge in [-0.15, -0.1) is 0 Å². The number of rotatable bonds is 6. The quantitative estimate of drug-likeness (QED) is 0.832. The van der Waals surface area contributed by atoms with Crippen LogP contribution in [-0.4, -0.2) is 54.9 Å². The lowest BCUT2D eigenvalue weighted by Gasteiger charge is -2.29. The van der Waals surface area contributed by atoms with Crippen LogP contribution in [0.25, 0.3) is 0 Å². The standard InChI is InChI=1S/C18H22N4O3/c1-21(2)11-16-20-17-14(5-4-8-19-17)22(16)10-13-7-6-12(18(23)24)9-15(13)25-3/h4-9,16H,10-11H2,1-3H3,(H,19,20)(H,23,24). The highest BCUT2D eigenvalue weighted by Gasteiger charge is 2.30. The Labute approximate surface area is 146 Å². The molecule has 7 nitrogen and oxygen atoms in total. The van der Waals surface area contributed by atoms with Gasteiger partial charge in [0.05, 0.1) is 18.4 Å². The van der Waals surface area contributed by atoms with Gasteiger partial charge in [0, 0.05) is 24.8 Å². The Bertz CT molecular complexity index is 779. The minimum atomic E-state index is -0.965. The molecule has 132 valence electrons. The first-order chi connectivity index (χ1) is 12.0. The summed E-state index contributed by atoms with van der Waals surface area (Å²) in [5, 5.41) is 12.6. The first-order valence-corrected chi connectivity index (χ1v) is 8.02. The highest BCUT2D eigenvalue weighted by molar-refractivity contribution is 5.88. The summed E-state index contributed by atoms with van der Waals surface area (Å²) in [7, 11) is 5.61. The van der Waals surface area contributed by atoms with E-state index in [2.05, 4.69) is 20.1 Å². The summed E-state index contributed by atoms with van der Waals surface area (Å²) in [4.78, 5) is 19.9. The largest absolute Gasteiger partial charge is 0.496 e. The Morgan fingerprint density at radius 2 is 2.20 bits per heavy atom. The van der Waals surface area contributed by atoms with Crippen molar-refractivity contribution in [1.82, 2.24) is 9.88 Å². The second-order valence-corrected chi connectivity index (χ2v) is 6.25. The van der Waals surface area contributed by atoms with Gasteiger partial charge in [0.2, 0.25) is 0 Å². The lowest BCUT2D eigenvalue weighted by atomic mass is 10.1. The number of aromatic carboxylic acids is 1. The fraction of sp³-hybridized carbons (Fsp3) is 0.333. The molecule has 3 rings (SSSR count). The van der Waals surface area contributed by atoms with Crippen molar-refractivity contribution < 1.29 is 14.6 Å². The third kappa shape index (κ3) is 3.51. The van der Waals surface area contributed by atoms with Gasteiger partial charge in [-0.2, -0.15) is 0 Å². The van der Waals surface area contributed by atoms with Crippen LogP contribution in [0.2, 0.25) is 0 Å². The van der Waals surface area contributed by atoms with E-state index in [0.717, 1.165) is 23.6 Å². The van der Waals surface area contributed by atoms with Gasteiger partial charge in [-0.05, 0) is 38.4 Å². The van der Waals surface area contributed by atoms with Crippen LogP contribution in [-0.2, 0) is 6.54 Å². The molecular weight excluding hydrogens is 320 g/mol. The number of likely N-dealkylation sites (N-methyl/N-ethyl adjacent to an activating group) is 1. The van der Waals surface area contributed by atoms with E-state index < -0.39 is 5.97 Å². The molecule has 1 aliphatic heterocycles. The SMILES string of the molecule is COc1cc(C(=O)O)ccc1CN1c2cccnc2NC1CN(C)C. The highest BCUT2D eigenvalue weighted by atomic mass is 16.5. The number of benzene rings is 1. The predicted molar refractivity (Wildman–Crippen MR) is 96.3 cm³/mol. The average Bonchev–Trinajstić information content (AvgIpc) is 2.91. The number of ether oxygens (including phenoxy) is 1. The van der Waals surface area contributed by atoms with Crippen molar-refractivity contribution in [1.29, 1.82) is 0 Å². The summed E-state index contributed by atoms with van der Waals surface area (Å²) in [5.41, 5.74) is 2.17. The van der Waals surface area contributed by atoms with Crippen molar-refractivity contribution in [3.8, 4) is 5.75 Å². The Hall–Kier alpha value is -2.80. The van der Waals surface area contributed by atoms with E-state index in [1.165, 1.54) is 0 Å². The smallest absolute Gasteiger partial charge is 0.335 e. The lowest BCUT2D eigenvalue weighted by Crippen LogP contribution is -2.42. The van der Waals surface area contributed by atoms with Crippen LogP contribution < -0.4 is 15.0 Å². The summed E-state index contributed by atoms with van der Waals surface area (Å²) in [6.07, 6.45) is 1.84. The molecular formula is C18H22N4O3. The Kier molecular flexibility index (Phi) is 4.76. The molecule has 0 radical (unpaired) electrons. The number of hydrogen-bond acceptors (Lipinski definition) is 6. The number of anilines is 2. The first kappa shape index (κ1) is 17.0. The van der Waals surface area contributed by atoms with Crippen molar-refractivity contribution >= 4 is 17.5 Å². The molecule has 25 heavy (non-hydrogen) atoms. The van der Waals surface area contributed by atoms with Gasteiger partial charge < -0.3 is 25.0 Å². The van der Waals surface area contributed by atoms with E-state index in [9.17, 15) is 4.79 Å². The number of nitrogens with one attached hydrogen (secondary N) is 1. The number of carbonyl (C=O) groups is 1. The van der Waals surface area contributed by atoms with E-state index in [1.807, 2.05) is 32.3 Å². The van der Waals surface area contributed by atoms with E-state index in [4.69, 9.17) is 9.84 Å². The van der Waals surface area contributed by atoms with Crippen molar-refractivity contribution in [2.45, 2.75) is 12.7 Å². The highest BCUT2D eigenvalue weighted by Crippen LogP contribution is 2.35. The number of nitrogens with zero attached hydrogens (tertiary/aromatic N) is 3. The number of aromatic nitrogens is 1. The minimum Gasteiger partial charge on any atom is -0.496 e. The van der Waals surface area contributed by atoms with Crippen molar-refractivity contribution in [2.75, 3.05) is 38.0 Å². The zero-order valence-corrected chi connectivity index (χ0v) is 14.6. The Balaban J connectivity index is 1.92. The van der Waals surface area contributed by atoms with Crippen LogP contribution in [0.1, 0.15) is 15.9 Å². The molecule has 7 heteroatoms. The molecule has 0 saturated heterocycles. The molecule has 0 fully saturated rings. The number of pyridine rings is 1. The van der Waals surface area contributed by atoms with Gasteiger partial charge in [0.25, 0.3) is 0 Å². The zero-order chi connectivity index (χ0) is 18.0. The van der Waals surface area contributed by atoms with Gasteiger partial charge in [0.1, 0.15) is 11.9 Å². The normalized spacial score (nSPS) is 15.8. The van der Waals surface area contributed by atoms with Crippen LogP contribution in [0, 0.1) is 0 Å². The topological polar surface area (TPSA) is 77.9 Å². The second-order valence-electron chi connectivity index (χ2n) is 6.25. The number of carboxylic acids is 1. The fourth-order valence-corrected chi connectivity index (χ4v) is 3.02. The van der Waals surface area contributed by atoms with Crippen molar-refractivity contribution in [3.05, 3.63) is 47.7 Å². The maximum absolute atomic E-state index is 11.2. The van der Waals surface area contributed by atoms with E-state index >= 15 is 0 Å². The molecule has 0 bridgehead atoms. The van der Waals surface area contributed by atoms with Gasteiger partial charge >= 0.3 is 5.97 Å². The first-order valence-electron chi connectivity index (χ1n) is 8.02. The predicted octanol–water partition coefficient (Wildman–Crippen LogP) is 2.11. The third-order valence-corrected chi connectivity index (χ3v) is 4.19. The summed E-state index contributed by atoms with van der Waals surface area (Å²) in [5.74, 6) is 0.462. The summed E-state index contributed by atoms with van der Waals surface area (Å²) in [6, 6.07) is 8.92. The fourth-order valence-electron chi connectivity index (χ4n) is 3.02. The molecule has 0 spiro atoms. The van der Waals surface area contributed by atoms with Gasteiger partial charge in [-0.3, -0.25) is 0 Å². The maximum Gasteiger partial charge on any atom is 0.335 e. The summed E-state index contributed by atoms with van der Waals surface area (Å²) in [6.45, 7) is 1.40. The van der Waals surface area contributed by atoms with E-state index in [1.54, 1.807) is 25.4 Å². The molecule has 2 heterocycles. The molecule has 1 aromatic carbocycles.